The maximum atomic E-state index is 6.17. The van der Waals surface area contributed by atoms with Gasteiger partial charge in [0.15, 0.2) is 0 Å². The van der Waals surface area contributed by atoms with Gasteiger partial charge >= 0.3 is 0 Å². The highest BCUT2D eigenvalue weighted by Gasteiger charge is 2.10. The molecule has 0 radical (unpaired) electrons. The number of likely N-dealkylation sites (N-methyl/N-ethyl adjacent to an activating group) is 1. The second-order valence-corrected chi connectivity index (χ2v) is 4.81. The van der Waals surface area contributed by atoms with Crippen LogP contribution in [0.5, 0.6) is 5.75 Å². The second-order valence-electron chi connectivity index (χ2n) is 4.41. The fraction of sp³-hybridized carbons (Fsp3) is 0.250. The van der Waals surface area contributed by atoms with Crippen LogP contribution >= 0.6 is 11.6 Å². The molecule has 2 nitrogen and oxygen atoms in total. The molecule has 0 fully saturated rings. The molecule has 0 aromatic heterocycles. The third-order valence-corrected chi connectivity index (χ3v) is 3.40. The van der Waals surface area contributed by atoms with Crippen LogP contribution in [-0.4, -0.2) is 19.7 Å². The zero-order valence-electron chi connectivity index (χ0n) is 11.0. The van der Waals surface area contributed by atoms with E-state index in [0.717, 1.165) is 22.8 Å². The van der Waals surface area contributed by atoms with Crippen LogP contribution in [0, 0.1) is 0 Å². The number of para-hydroxylation sites is 1. The molecule has 0 aliphatic heterocycles. The summed E-state index contributed by atoms with van der Waals surface area (Å²) in [5, 5.41) is 4.07. The lowest BCUT2D eigenvalue weighted by Gasteiger charge is -2.17. The second kappa shape index (κ2) is 7.17. The molecule has 2 rings (SSSR count). The number of ether oxygens (including phenoxy) is 1. The lowest BCUT2D eigenvalue weighted by atomic mass is 10.1. The zero-order chi connectivity index (χ0) is 13.5. The maximum Gasteiger partial charge on any atom is 0.119 e. The van der Waals surface area contributed by atoms with E-state index in [1.54, 1.807) is 0 Å². The minimum absolute atomic E-state index is 0.236. The van der Waals surface area contributed by atoms with Gasteiger partial charge in [0.05, 0.1) is 0 Å². The Bertz CT molecular complexity index is 501. The molecule has 1 unspecified atom stereocenters. The predicted octanol–water partition coefficient (Wildman–Crippen LogP) is 3.55. The van der Waals surface area contributed by atoms with Crippen LogP contribution in [0.15, 0.2) is 54.6 Å². The number of halogens is 1. The van der Waals surface area contributed by atoms with Gasteiger partial charge in [0.25, 0.3) is 0 Å². The van der Waals surface area contributed by atoms with E-state index in [4.69, 9.17) is 16.3 Å². The standard InChI is InChI=1S/C16H18ClNO/c1-18-14(11-13-7-5-6-10-16(13)17)12-19-15-8-3-2-4-9-15/h2-10,14,18H,11-12H2,1H3. The Kier molecular flexibility index (Phi) is 5.25. The van der Waals surface area contributed by atoms with Gasteiger partial charge < -0.3 is 10.1 Å². The largest absolute Gasteiger partial charge is 0.492 e. The van der Waals surface area contributed by atoms with Crippen LogP contribution < -0.4 is 10.1 Å². The van der Waals surface area contributed by atoms with Crippen LogP contribution in [0.1, 0.15) is 5.56 Å². The first-order valence-electron chi connectivity index (χ1n) is 6.38. The summed E-state index contributed by atoms with van der Waals surface area (Å²) < 4.78 is 5.77. The summed E-state index contributed by atoms with van der Waals surface area (Å²) in [7, 11) is 1.94. The Labute approximate surface area is 119 Å². The minimum atomic E-state index is 0.236. The first-order chi connectivity index (χ1) is 9.29. The molecule has 0 aliphatic rings. The molecule has 0 amide bonds. The van der Waals surface area contributed by atoms with Crippen LogP contribution in [-0.2, 0) is 6.42 Å². The van der Waals surface area contributed by atoms with Crippen molar-refractivity contribution in [2.75, 3.05) is 13.7 Å². The smallest absolute Gasteiger partial charge is 0.119 e. The maximum absolute atomic E-state index is 6.17. The van der Waals surface area contributed by atoms with Crippen molar-refractivity contribution in [3.8, 4) is 5.75 Å². The van der Waals surface area contributed by atoms with Gasteiger partial charge in [-0.2, -0.15) is 0 Å². The van der Waals surface area contributed by atoms with E-state index >= 15 is 0 Å². The van der Waals surface area contributed by atoms with Gasteiger partial charge in [0, 0.05) is 11.1 Å². The molecular weight excluding hydrogens is 258 g/mol. The third kappa shape index (κ3) is 4.27. The molecule has 19 heavy (non-hydrogen) atoms. The molecule has 0 heterocycles. The summed E-state index contributed by atoms with van der Waals surface area (Å²) in [6.07, 6.45) is 0.850. The SMILES string of the molecule is CNC(COc1ccccc1)Cc1ccccc1Cl. The molecule has 0 saturated carbocycles. The van der Waals surface area contributed by atoms with Crippen LogP contribution in [0.3, 0.4) is 0 Å². The van der Waals surface area contributed by atoms with Gasteiger partial charge in [0.1, 0.15) is 12.4 Å². The number of nitrogens with one attached hydrogen (secondary N) is 1. The number of hydrogen-bond donors (Lipinski definition) is 1. The summed E-state index contributed by atoms with van der Waals surface area (Å²) in [6, 6.07) is 18.0. The van der Waals surface area contributed by atoms with Gasteiger partial charge in [-0.25, -0.2) is 0 Å². The van der Waals surface area contributed by atoms with Crippen molar-refractivity contribution in [1.82, 2.24) is 5.32 Å². The van der Waals surface area contributed by atoms with Gasteiger partial charge in [-0.1, -0.05) is 48.0 Å². The molecule has 0 saturated heterocycles. The highest BCUT2D eigenvalue weighted by atomic mass is 35.5. The summed E-state index contributed by atoms with van der Waals surface area (Å²) in [5.74, 6) is 0.891. The third-order valence-electron chi connectivity index (χ3n) is 3.03. The molecule has 2 aromatic carbocycles. The molecule has 1 N–H and O–H groups in total. The van der Waals surface area contributed by atoms with Crippen molar-refractivity contribution < 1.29 is 4.74 Å². The van der Waals surface area contributed by atoms with Crippen molar-refractivity contribution >= 4 is 11.6 Å². The van der Waals surface area contributed by atoms with E-state index in [1.165, 1.54) is 0 Å². The predicted molar refractivity (Wildman–Crippen MR) is 79.9 cm³/mol. The molecule has 1 atom stereocenters. The molecular formula is C16H18ClNO. The monoisotopic (exact) mass is 275 g/mol. The van der Waals surface area contributed by atoms with E-state index in [2.05, 4.69) is 11.4 Å². The van der Waals surface area contributed by atoms with Gasteiger partial charge in [-0.3, -0.25) is 0 Å². The minimum Gasteiger partial charge on any atom is -0.492 e. The number of rotatable bonds is 6. The van der Waals surface area contributed by atoms with Gasteiger partial charge in [-0.15, -0.1) is 0 Å². The molecule has 0 aliphatic carbocycles. The molecule has 0 spiro atoms. The van der Waals surface area contributed by atoms with Gasteiger partial charge in [-0.05, 0) is 37.2 Å². The average molecular weight is 276 g/mol. The van der Waals surface area contributed by atoms with E-state index in [1.807, 2.05) is 55.6 Å². The van der Waals surface area contributed by atoms with E-state index in [-0.39, 0.29) is 6.04 Å². The first kappa shape index (κ1) is 13.9. The van der Waals surface area contributed by atoms with E-state index in [9.17, 15) is 0 Å². The van der Waals surface area contributed by atoms with Crippen molar-refractivity contribution in [3.63, 3.8) is 0 Å². The highest BCUT2D eigenvalue weighted by molar-refractivity contribution is 6.31. The fourth-order valence-electron chi connectivity index (χ4n) is 1.89. The number of hydrogen-bond acceptors (Lipinski definition) is 2. The Morgan fingerprint density at radius 3 is 2.42 bits per heavy atom. The van der Waals surface area contributed by atoms with Crippen molar-refractivity contribution in [3.05, 3.63) is 65.2 Å². The summed E-state index contributed by atoms with van der Waals surface area (Å²) in [4.78, 5) is 0. The van der Waals surface area contributed by atoms with Crippen molar-refractivity contribution in [1.29, 1.82) is 0 Å². The van der Waals surface area contributed by atoms with E-state index in [0.29, 0.717) is 6.61 Å². The molecule has 100 valence electrons. The zero-order valence-corrected chi connectivity index (χ0v) is 11.7. The summed E-state index contributed by atoms with van der Waals surface area (Å²) >= 11 is 6.17. The first-order valence-corrected chi connectivity index (χ1v) is 6.76. The normalized spacial score (nSPS) is 12.1. The number of benzene rings is 2. The van der Waals surface area contributed by atoms with Gasteiger partial charge in [0.2, 0.25) is 0 Å². The summed E-state index contributed by atoms with van der Waals surface area (Å²) in [5.41, 5.74) is 1.14. The highest BCUT2D eigenvalue weighted by Crippen LogP contribution is 2.17. The topological polar surface area (TPSA) is 21.3 Å². The molecule has 3 heteroatoms. The fourth-order valence-corrected chi connectivity index (χ4v) is 2.10. The lowest BCUT2D eigenvalue weighted by Crippen LogP contribution is -2.33. The van der Waals surface area contributed by atoms with E-state index < -0.39 is 0 Å². The van der Waals surface area contributed by atoms with Crippen LogP contribution in [0.2, 0.25) is 5.02 Å². The van der Waals surface area contributed by atoms with Crippen molar-refractivity contribution in [2.24, 2.45) is 0 Å². The Morgan fingerprint density at radius 1 is 1.05 bits per heavy atom. The Hall–Kier alpha value is -1.51. The Balaban J connectivity index is 1.92. The molecule has 0 bridgehead atoms. The Morgan fingerprint density at radius 2 is 1.74 bits per heavy atom. The van der Waals surface area contributed by atoms with Crippen LogP contribution in [0.4, 0.5) is 0 Å². The average Bonchev–Trinajstić information content (AvgIpc) is 2.46. The van der Waals surface area contributed by atoms with Crippen LogP contribution in [0.25, 0.3) is 0 Å². The van der Waals surface area contributed by atoms with Crippen molar-refractivity contribution in [2.45, 2.75) is 12.5 Å². The molecule has 2 aromatic rings. The summed E-state index contributed by atoms with van der Waals surface area (Å²) in [6.45, 7) is 0.617. The quantitative estimate of drug-likeness (QED) is 0.871. The lowest BCUT2D eigenvalue weighted by molar-refractivity contribution is 0.270.